The number of nitrogens with one attached hydrogen (secondary N) is 2. The zero-order chi connectivity index (χ0) is 25.4. The fourth-order valence-electron chi connectivity index (χ4n) is 4.00. The van der Waals surface area contributed by atoms with Gasteiger partial charge in [0, 0.05) is 42.3 Å². The van der Waals surface area contributed by atoms with Crippen LogP contribution in [0.25, 0.3) is 17.0 Å². The molecule has 7 heteroatoms. The Labute approximate surface area is 206 Å². The van der Waals surface area contributed by atoms with E-state index in [0.29, 0.717) is 30.7 Å². The topological polar surface area (TPSA) is 87.5 Å². The number of nitrogens with zero attached hydrogens (tertiary/aromatic N) is 2. The molecule has 0 aliphatic heterocycles. The lowest BCUT2D eigenvalue weighted by atomic mass is 10.0. The number of amides is 2. The van der Waals surface area contributed by atoms with Crippen molar-refractivity contribution in [1.82, 2.24) is 15.6 Å². The first kappa shape index (κ1) is 25.7. The Morgan fingerprint density at radius 3 is 2.63 bits per heavy atom. The fourth-order valence-corrected chi connectivity index (χ4v) is 4.00. The van der Waals surface area contributed by atoms with Crippen LogP contribution in [-0.4, -0.2) is 30.6 Å². The molecule has 35 heavy (non-hydrogen) atoms. The number of aromatic nitrogens is 1. The van der Waals surface area contributed by atoms with Crippen molar-refractivity contribution in [2.75, 3.05) is 24.5 Å². The summed E-state index contributed by atoms with van der Waals surface area (Å²) in [6.45, 7) is 14.1. The van der Waals surface area contributed by atoms with Gasteiger partial charge in [-0.1, -0.05) is 24.8 Å². The van der Waals surface area contributed by atoms with Gasteiger partial charge in [0.2, 0.25) is 0 Å². The lowest BCUT2D eigenvalue weighted by Crippen LogP contribution is -2.36. The summed E-state index contributed by atoms with van der Waals surface area (Å²) in [6, 6.07) is 9.51. The zero-order valence-corrected chi connectivity index (χ0v) is 21.0. The maximum atomic E-state index is 12.7. The first-order valence-electron chi connectivity index (χ1n) is 12.0. The van der Waals surface area contributed by atoms with Crippen molar-refractivity contribution in [3.8, 4) is 0 Å². The minimum absolute atomic E-state index is 0.299. The number of fused-ring (bicyclic) bond motifs is 1. The van der Waals surface area contributed by atoms with Gasteiger partial charge in [0.25, 0.3) is 0 Å². The highest BCUT2D eigenvalue weighted by molar-refractivity contribution is 5.84. The van der Waals surface area contributed by atoms with Gasteiger partial charge in [-0.25, -0.2) is 9.59 Å². The standard InChI is InChI=1S/C28H34N4O3/c1-6-9-10-25-19(4)11-12-21(31-25)18-30-28(34)29-16-15-24-20(5)23-14-13-22(32(7-2)8-3)17-26(23)35-27(24)33/h6,9-14,17H,1,7-8,15-16,18H2,2-5H3,(H2,29,30,34)/b10-9-. The third kappa shape index (κ3) is 6.38. The molecule has 2 N–H and O–H groups in total. The summed E-state index contributed by atoms with van der Waals surface area (Å²) in [7, 11) is 0. The molecular formula is C28H34N4O3. The van der Waals surface area contributed by atoms with Gasteiger partial charge in [-0.2, -0.15) is 0 Å². The van der Waals surface area contributed by atoms with Gasteiger partial charge in [0.05, 0.1) is 17.9 Å². The molecule has 3 aromatic rings. The molecule has 0 aliphatic carbocycles. The van der Waals surface area contributed by atoms with Crippen LogP contribution < -0.4 is 21.2 Å². The highest BCUT2D eigenvalue weighted by atomic mass is 16.4. The fraction of sp³-hybridized carbons (Fsp3) is 0.321. The molecule has 0 atom stereocenters. The average molecular weight is 475 g/mol. The van der Waals surface area contributed by atoms with Gasteiger partial charge in [0.15, 0.2) is 0 Å². The number of carbonyl (C=O) groups is 1. The van der Waals surface area contributed by atoms with E-state index in [2.05, 4.69) is 47.0 Å². The first-order chi connectivity index (χ1) is 16.9. The Kier molecular flexibility index (Phi) is 8.84. The number of urea groups is 1. The quantitative estimate of drug-likeness (QED) is 0.323. The minimum Gasteiger partial charge on any atom is -0.422 e. The lowest BCUT2D eigenvalue weighted by molar-refractivity contribution is 0.240. The number of hydrogen-bond donors (Lipinski definition) is 2. The number of pyridine rings is 1. The van der Waals surface area contributed by atoms with Crippen molar-refractivity contribution < 1.29 is 9.21 Å². The Morgan fingerprint density at radius 2 is 1.91 bits per heavy atom. The smallest absolute Gasteiger partial charge is 0.339 e. The van der Waals surface area contributed by atoms with Crippen molar-refractivity contribution >= 4 is 28.8 Å². The van der Waals surface area contributed by atoms with E-state index in [0.717, 1.165) is 46.7 Å². The number of allylic oxidation sites excluding steroid dienone is 2. The van der Waals surface area contributed by atoms with Crippen LogP contribution in [0.4, 0.5) is 10.5 Å². The molecule has 2 amide bonds. The first-order valence-corrected chi connectivity index (χ1v) is 12.0. The van der Waals surface area contributed by atoms with E-state index >= 15 is 0 Å². The van der Waals surface area contributed by atoms with Crippen molar-refractivity contribution in [2.24, 2.45) is 0 Å². The van der Waals surface area contributed by atoms with E-state index in [9.17, 15) is 9.59 Å². The number of rotatable bonds is 10. The van der Waals surface area contributed by atoms with Gasteiger partial charge in [-0.05, 0) is 69.5 Å². The molecule has 0 unspecified atom stereocenters. The second-order valence-electron chi connectivity index (χ2n) is 8.30. The summed E-state index contributed by atoms with van der Waals surface area (Å²) < 4.78 is 5.63. The molecular weight excluding hydrogens is 440 g/mol. The highest BCUT2D eigenvalue weighted by Crippen LogP contribution is 2.25. The summed E-state index contributed by atoms with van der Waals surface area (Å²) in [5.41, 5.74) is 5.35. The number of benzene rings is 1. The van der Waals surface area contributed by atoms with Crippen LogP contribution in [0.15, 0.2) is 58.3 Å². The molecule has 7 nitrogen and oxygen atoms in total. The maximum Gasteiger partial charge on any atom is 0.339 e. The third-order valence-corrected chi connectivity index (χ3v) is 6.07. The number of aryl methyl sites for hydroxylation is 2. The van der Waals surface area contributed by atoms with Crippen molar-refractivity contribution in [1.29, 1.82) is 0 Å². The van der Waals surface area contributed by atoms with Gasteiger partial charge in [0.1, 0.15) is 5.58 Å². The molecule has 0 bridgehead atoms. The van der Waals surface area contributed by atoms with E-state index in [1.165, 1.54) is 0 Å². The van der Waals surface area contributed by atoms with Crippen LogP contribution in [0, 0.1) is 13.8 Å². The van der Waals surface area contributed by atoms with Crippen LogP contribution in [0.2, 0.25) is 0 Å². The van der Waals surface area contributed by atoms with E-state index in [1.54, 1.807) is 6.08 Å². The summed E-state index contributed by atoms with van der Waals surface area (Å²) in [5.74, 6) is 0. The molecule has 3 rings (SSSR count). The van der Waals surface area contributed by atoms with Crippen molar-refractivity contribution in [3.05, 3.63) is 87.6 Å². The predicted octanol–water partition coefficient (Wildman–Crippen LogP) is 4.89. The van der Waals surface area contributed by atoms with Crippen LogP contribution in [-0.2, 0) is 13.0 Å². The molecule has 0 saturated heterocycles. The van der Waals surface area contributed by atoms with Gasteiger partial charge >= 0.3 is 11.7 Å². The second kappa shape index (κ2) is 12.0. The molecule has 0 aliphatic rings. The van der Waals surface area contributed by atoms with E-state index < -0.39 is 0 Å². The van der Waals surface area contributed by atoms with Crippen LogP contribution >= 0.6 is 0 Å². The molecule has 0 radical (unpaired) electrons. The number of anilines is 1. The number of carbonyl (C=O) groups excluding carboxylic acids is 1. The van der Waals surface area contributed by atoms with Gasteiger partial charge < -0.3 is 20.0 Å². The highest BCUT2D eigenvalue weighted by Gasteiger charge is 2.13. The van der Waals surface area contributed by atoms with Crippen LogP contribution in [0.3, 0.4) is 0 Å². The SMILES string of the molecule is C=C/C=C\c1nc(CNC(=O)NCCc2c(C)c3ccc(N(CC)CC)cc3oc2=O)ccc1C. The van der Waals surface area contributed by atoms with E-state index in [1.807, 2.05) is 50.3 Å². The predicted molar refractivity (Wildman–Crippen MR) is 143 cm³/mol. The lowest BCUT2D eigenvalue weighted by Gasteiger charge is -2.21. The Morgan fingerprint density at radius 1 is 1.14 bits per heavy atom. The Balaban J connectivity index is 1.61. The minimum atomic E-state index is -0.363. The monoisotopic (exact) mass is 474 g/mol. The normalized spacial score (nSPS) is 11.1. The molecule has 0 spiro atoms. The molecule has 0 fully saturated rings. The Hall–Kier alpha value is -3.87. The molecule has 2 aromatic heterocycles. The van der Waals surface area contributed by atoms with Gasteiger partial charge in [-0.15, -0.1) is 0 Å². The van der Waals surface area contributed by atoms with Crippen molar-refractivity contribution in [3.63, 3.8) is 0 Å². The molecule has 1 aromatic carbocycles. The zero-order valence-electron chi connectivity index (χ0n) is 21.0. The van der Waals surface area contributed by atoms with E-state index in [4.69, 9.17) is 4.42 Å². The summed E-state index contributed by atoms with van der Waals surface area (Å²) in [6.07, 6.45) is 5.79. The van der Waals surface area contributed by atoms with E-state index in [-0.39, 0.29) is 11.7 Å². The third-order valence-electron chi connectivity index (χ3n) is 6.07. The molecule has 0 saturated carbocycles. The molecule has 184 valence electrons. The van der Waals surface area contributed by atoms with Gasteiger partial charge in [-0.3, -0.25) is 4.98 Å². The van der Waals surface area contributed by atoms with Crippen molar-refractivity contribution in [2.45, 2.75) is 40.7 Å². The average Bonchev–Trinajstić information content (AvgIpc) is 2.85. The maximum absolute atomic E-state index is 12.7. The largest absolute Gasteiger partial charge is 0.422 e. The second-order valence-corrected chi connectivity index (χ2v) is 8.30. The summed E-state index contributed by atoms with van der Waals surface area (Å²) >= 11 is 0. The summed E-state index contributed by atoms with van der Waals surface area (Å²) in [5, 5.41) is 6.53. The Bertz CT molecular complexity index is 1290. The summed E-state index contributed by atoms with van der Waals surface area (Å²) in [4.78, 5) is 31.7. The number of hydrogen-bond acceptors (Lipinski definition) is 5. The van der Waals surface area contributed by atoms with Crippen LogP contribution in [0.5, 0.6) is 0 Å². The van der Waals surface area contributed by atoms with Crippen LogP contribution in [0.1, 0.15) is 41.9 Å². The molecule has 2 heterocycles.